The van der Waals surface area contributed by atoms with Crippen molar-refractivity contribution in [3.63, 3.8) is 0 Å². The molecule has 1 heterocycles. The highest BCUT2D eigenvalue weighted by molar-refractivity contribution is 6.61. The fraction of sp³-hybridized carbons (Fsp3) is 0.713. The molecule has 0 spiro atoms. The lowest BCUT2D eigenvalue weighted by molar-refractivity contribution is -0.120. The second-order valence-corrected chi connectivity index (χ2v) is 29.4. The van der Waals surface area contributed by atoms with Crippen LogP contribution >= 0.6 is 0 Å². The van der Waals surface area contributed by atoms with Gasteiger partial charge in [-0.2, -0.15) is 0 Å². The molecule has 0 aliphatic carbocycles. The van der Waals surface area contributed by atoms with Crippen LogP contribution in [0.25, 0.3) is 0 Å². The number of amides is 2. The zero-order valence-corrected chi connectivity index (χ0v) is 73.4. The second-order valence-electron chi connectivity index (χ2n) is 29.4. The molecule has 3 aromatic carbocycles. The van der Waals surface area contributed by atoms with Gasteiger partial charge in [-0.25, -0.2) is 0 Å². The Balaban J connectivity index is -0.00000128. The van der Waals surface area contributed by atoms with E-state index in [0.717, 1.165) is 137 Å². The largest absolute Gasteiger partial charge is 0.491 e. The summed E-state index contributed by atoms with van der Waals surface area (Å²) in [5.41, 5.74) is 7.68. The minimum atomic E-state index is -1.39. The van der Waals surface area contributed by atoms with E-state index in [2.05, 4.69) is 71.2 Å². The molecule has 1 aliphatic heterocycles. The number of carbonyl (C=O) groups excluding carboxylic acids is 7. The molecule has 0 atom stereocenters. The molecule has 0 fully saturated rings. The normalized spacial score (nSPS) is 11.1. The summed E-state index contributed by atoms with van der Waals surface area (Å²) in [6, 6.07) is 19.4. The summed E-state index contributed by atoms with van der Waals surface area (Å²) < 4.78 is 48.1. The van der Waals surface area contributed by atoms with E-state index in [4.69, 9.17) is 52.6 Å². The summed E-state index contributed by atoms with van der Waals surface area (Å²) in [5.74, 6) is 2.83. The van der Waals surface area contributed by atoms with Crippen LogP contribution in [0.1, 0.15) is 290 Å². The minimum Gasteiger partial charge on any atom is -0.423 e. The van der Waals surface area contributed by atoms with E-state index >= 15 is 0 Å². The molecule has 0 aromatic heterocycles. The Morgan fingerprint density at radius 2 is 0.825 bits per heavy atom. The van der Waals surface area contributed by atoms with Gasteiger partial charge in [0.05, 0.1) is 79.3 Å². The molecular weight excluding hydrogens is 1460 g/mol. The zero-order chi connectivity index (χ0) is 86.0. The summed E-state index contributed by atoms with van der Waals surface area (Å²) in [7, 11) is 0.458. The van der Waals surface area contributed by atoms with Crippen molar-refractivity contribution in [2.75, 3.05) is 133 Å². The molecule has 0 bridgehead atoms. The number of unbranched alkanes of at least 4 members (excludes halogenated alkanes) is 8. The standard InChI is InChI=1S/C19H37NO5.C18H34O5.C12H20BNO2.C10H13BO2.C10H18O2.C9H13BO2.C9H19NO3/c1-3-19(22)10-7-5-4-6-8-12-23-14-16-25-17-15-24-13-9-11-20-18(2)21;1-3-8-18(20)10-5-7-12-22-14-16-23-15-13-21-11-6-4-9-17(2)19;1-9(2)10-5-6-11(8-14(3)4)12(7-10)13(15)16;1-7(2)8-3-4-9-6-13-11(12)10(9)5-8;1-3-10(12)8-6-4-5-7-9(2)11;1-7(2)8-4-3-5-9(6-8)10(11)12;1-3-5-12-7-8-13-6-4-10-9(2)11/h3-17H2,1-2H3,(H,20,21);3-16H2,1-2H3;5-7,9,15-16H,8H2,1-4H3;3-5,7,12H,6H2,1-2H3;3-8H2,1-2H3;3-7,11-12H,1-2H3;3-8H2,1-2H3,(H,10,11). The van der Waals surface area contributed by atoms with Gasteiger partial charge in [0.25, 0.3) is 0 Å². The maximum absolute atomic E-state index is 11.3. The zero-order valence-electron chi connectivity index (χ0n) is 73.4. The van der Waals surface area contributed by atoms with Gasteiger partial charge in [0.2, 0.25) is 11.8 Å². The van der Waals surface area contributed by atoms with Gasteiger partial charge >= 0.3 is 21.4 Å². The van der Waals surface area contributed by atoms with Crippen molar-refractivity contribution in [3.8, 4) is 0 Å². The third-order valence-corrected chi connectivity index (χ3v) is 17.3. The highest BCUT2D eigenvalue weighted by Gasteiger charge is 2.27. The van der Waals surface area contributed by atoms with Gasteiger partial charge in [-0.15, -0.1) is 0 Å². The number of Topliss-reactive ketones (excluding diaryl/α,β-unsaturated/α-hetero) is 5. The maximum Gasteiger partial charge on any atom is 0.491 e. The summed E-state index contributed by atoms with van der Waals surface area (Å²) in [4.78, 5) is 77.6. The number of carbonyl (C=O) groups is 7. The Kier molecular flexibility index (Phi) is 77.8. The van der Waals surface area contributed by atoms with Crippen LogP contribution in [-0.2, 0) is 89.3 Å². The molecule has 0 radical (unpaired) electrons. The molecule has 114 heavy (non-hydrogen) atoms. The predicted molar refractivity (Wildman–Crippen MR) is 460 cm³/mol. The lowest BCUT2D eigenvalue weighted by atomic mass is 9.75. The van der Waals surface area contributed by atoms with Gasteiger partial charge in [-0.05, 0) is 161 Å². The highest BCUT2D eigenvalue weighted by atomic mass is 16.6. The van der Waals surface area contributed by atoms with Crippen LogP contribution < -0.4 is 27.0 Å². The molecule has 3 aromatic rings. The third-order valence-electron chi connectivity index (χ3n) is 17.3. The maximum atomic E-state index is 11.3. The second kappa shape index (κ2) is 78.7. The summed E-state index contributed by atoms with van der Waals surface area (Å²) in [6.45, 7) is 39.2. The number of rotatable bonds is 59. The lowest BCUT2D eigenvalue weighted by Gasteiger charge is -2.16. The first kappa shape index (κ1) is 113. The van der Waals surface area contributed by atoms with Crippen molar-refractivity contribution >= 4 is 78.5 Å². The Morgan fingerprint density at radius 1 is 0.430 bits per heavy atom. The molecule has 4 rings (SSSR count). The fourth-order valence-electron chi connectivity index (χ4n) is 10.4. The predicted octanol–water partition coefficient (Wildman–Crippen LogP) is 11.4. The molecule has 0 unspecified atom stereocenters. The molecule has 24 nitrogen and oxygen atoms in total. The number of nitrogens with zero attached hydrogens (tertiary/aromatic N) is 1. The Hall–Kier alpha value is -5.46. The summed E-state index contributed by atoms with van der Waals surface area (Å²) in [6.07, 6.45) is 20.3. The van der Waals surface area contributed by atoms with Crippen molar-refractivity contribution < 1.29 is 101 Å². The van der Waals surface area contributed by atoms with Crippen LogP contribution in [0.15, 0.2) is 60.7 Å². The van der Waals surface area contributed by atoms with E-state index in [0.29, 0.717) is 210 Å². The van der Waals surface area contributed by atoms with Crippen LogP contribution in [0.4, 0.5) is 0 Å². The molecule has 652 valence electrons. The number of ketones is 5. The lowest BCUT2D eigenvalue weighted by Crippen LogP contribution is -2.35. The Morgan fingerprint density at radius 3 is 1.28 bits per heavy atom. The van der Waals surface area contributed by atoms with E-state index in [1.54, 1.807) is 19.9 Å². The quantitative estimate of drug-likeness (QED) is 0.0204. The van der Waals surface area contributed by atoms with Gasteiger partial charge in [0.15, 0.2) is 0 Å². The van der Waals surface area contributed by atoms with Crippen molar-refractivity contribution in [2.45, 2.75) is 276 Å². The van der Waals surface area contributed by atoms with Crippen LogP contribution in [0.5, 0.6) is 0 Å². The Bertz CT molecular complexity index is 2850. The third kappa shape index (κ3) is 73.0. The first-order chi connectivity index (χ1) is 54.5. The molecule has 27 heteroatoms. The van der Waals surface area contributed by atoms with Gasteiger partial charge in [0.1, 0.15) is 28.9 Å². The molecule has 1 aliphatic rings. The van der Waals surface area contributed by atoms with E-state index in [1.807, 2.05) is 82.2 Å². The molecule has 0 saturated heterocycles. The SMILES string of the molecule is CC(C)c1ccc(CN(C)C)c(B(O)O)c1.CC(C)c1ccc2c(c1)B(O)OC2.CC(C)c1cccc(B(O)O)c1.CCC(=O)CCCCCC(C)=O.CCC(=O)CCCCCCCOCCOCCOCCCNC(C)=O.CCCC(=O)CCCCOCCOCCOCCCCC(C)=O.CCCOCCOCCNC(C)=O. The number of hydrogen-bond acceptors (Lipinski definition) is 22. The first-order valence-electron chi connectivity index (χ1n) is 42.1. The van der Waals surface area contributed by atoms with Crippen molar-refractivity contribution in [1.29, 1.82) is 0 Å². The fourth-order valence-corrected chi connectivity index (χ4v) is 10.4. The monoisotopic (exact) mass is 1610 g/mol. The van der Waals surface area contributed by atoms with Crippen LogP contribution in [0.3, 0.4) is 0 Å². The number of hydrogen-bond donors (Lipinski definition) is 7. The van der Waals surface area contributed by atoms with Gasteiger partial charge in [-0.3, -0.25) is 24.0 Å². The van der Waals surface area contributed by atoms with E-state index in [1.165, 1.54) is 25.8 Å². The van der Waals surface area contributed by atoms with Crippen molar-refractivity contribution in [1.82, 2.24) is 15.5 Å². The summed E-state index contributed by atoms with van der Waals surface area (Å²) in [5, 5.41) is 51.3. The van der Waals surface area contributed by atoms with E-state index < -0.39 is 21.4 Å². The molecule has 0 saturated carbocycles. The number of benzene rings is 3. The van der Waals surface area contributed by atoms with Crippen LogP contribution in [0.2, 0.25) is 0 Å². The van der Waals surface area contributed by atoms with Gasteiger partial charge in [0, 0.05) is 118 Å². The summed E-state index contributed by atoms with van der Waals surface area (Å²) >= 11 is 0. The first-order valence-corrected chi connectivity index (χ1v) is 42.1. The number of ether oxygens (including phenoxy) is 8. The van der Waals surface area contributed by atoms with Crippen LogP contribution in [-0.4, -0.2) is 225 Å². The molecule has 7 N–H and O–H groups in total. The average molecular weight is 1610 g/mol. The average Bonchev–Trinajstić information content (AvgIpc) is 1.57. The van der Waals surface area contributed by atoms with Gasteiger partial charge < -0.3 is 92.8 Å². The minimum absolute atomic E-state index is 0.00760. The Labute approximate surface area is 688 Å². The van der Waals surface area contributed by atoms with E-state index in [-0.39, 0.29) is 23.4 Å². The molecule has 2 amide bonds. The van der Waals surface area contributed by atoms with Crippen molar-refractivity contribution in [3.05, 3.63) is 88.5 Å². The highest BCUT2D eigenvalue weighted by Crippen LogP contribution is 2.19. The van der Waals surface area contributed by atoms with Crippen LogP contribution in [0, 0.1) is 0 Å². The molecular formula is C87H154B3N3O21. The topological polar surface area (TPSA) is 331 Å². The number of fused-ring (bicyclic) bond motifs is 1. The van der Waals surface area contributed by atoms with E-state index in [9.17, 15) is 48.6 Å². The number of nitrogens with one attached hydrogen (secondary N) is 2. The van der Waals surface area contributed by atoms with Gasteiger partial charge in [-0.1, -0.05) is 156 Å². The van der Waals surface area contributed by atoms with Crippen molar-refractivity contribution in [2.24, 2.45) is 0 Å². The smallest absolute Gasteiger partial charge is 0.423 e.